The molecule has 0 saturated carbocycles. The molecule has 0 unspecified atom stereocenters. The third-order valence-corrected chi connectivity index (χ3v) is 5.20. The molecule has 3 aromatic carbocycles. The predicted molar refractivity (Wildman–Crippen MR) is 103 cm³/mol. The van der Waals surface area contributed by atoms with Crippen LogP contribution in [0.2, 0.25) is 5.02 Å². The van der Waals surface area contributed by atoms with E-state index in [1.807, 2.05) is 0 Å². The van der Waals surface area contributed by atoms with Crippen LogP contribution in [0.4, 0.5) is 11.4 Å². The van der Waals surface area contributed by atoms with E-state index >= 15 is 0 Å². The maximum atomic E-state index is 12.6. The van der Waals surface area contributed by atoms with Crippen molar-refractivity contribution in [3.05, 3.63) is 89.4 Å². The minimum absolute atomic E-state index is 0.118. The number of amides is 1. The van der Waals surface area contributed by atoms with Crippen LogP contribution in [0, 0.1) is 0 Å². The van der Waals surface area contributed by atoms with Gasteiger partial charge in [0.25, 0.3) is 15.9 Å². The number of carbonyl (C=O) groups is 1. The molecular weight excluding hydrogens is 372 g/mol. The second-order valence-electron chi connectivity index (χ2n) is 5.43. The molecule has 132 valence electrons. The summed E-state index contributed by atoms with van der Waals surface area (Å²) in [7, 11) is -3.80. The molecule has 0 atom stereocenters. The first kappa shape index (κ1) is 18.0. The predicted octanol–water partition coefficient (Wildman–Crippen LogP) is 4.39. The maximum absolute atomic E-state index is 12.6. The summed E-state index contributed by atoms with van der Waals surface area (Å²) in [6, 6.07) is 21.0. The third-order valence-electron chi connectivity index (χ3n) is 3.57. The van der Waals surface area contributed by atoms with Crippen LogP contribution in [-0.2, 0) is 10.0 Å². The van der Waals surface area contributed by atoms with Gasteiger partial charge in [-0.3, -0.25) is 9.52 Å². The van der Waals surface area contributed by atoms with Crippen LogP contribution in [0.3, 0.4) is 0 Å². The van der Waals surface area contributed by atoms with Gasteiger partial charge >= 0.3 is 0 Å². The first-order valence-electron chi connectivity index (χ1n) is 7.69. The van der Waals surface area contributed by atoms with Crippen LogP contribution in [-0.4, -0.2) is 14.3 Å². The monoisotopic (exact) mass is 386 g/mol. The molecule has 7 heteroatoms. The van der Waals surface area contributed by atoms with Crippen LogP contribution >= 0.6 is 11.6 Å². The van der Waals surface area contributed by atoms with Gasteiger partial charge in [0.05, 0.1) is 16.1 Å². The van der Waals surface area contributed by atoms with E-state index in [1.54, 1.807) is 60.7 Å². The Morgan fingerprint density at radius 2 is 1.42 bits per heavy atom. The van der Waals surface area contributed by atoms with Crippen LogP contribution in [0.15, 0.2) is 83.8 Å². The largest absolute Gasteiger partial charge is 0.322 e. The zero-order chi connectivity index (χ0) is 18.6. The molecule has 3 rings (SSSR count). The molecule has 0 heterocycles. The summed E-state index contributed by atoms with van der Waals surface area (Å²) in [5.74, 6) is -0.432. The molecular formula is C19H15ClN2O3S. The lowest BCUT2D eigenvalue weighted by Crippen LogP contribution is -2.18. The molecule has 26 heavy (non-hydrogen) atoms. The number of nitrogens with one attached hydrogen (secondary N) is 2. The highest BCUT2D eigenvalue weighted by Gasteiger charge is 2.18. The highest BCUT2D eigenvalue weighted by atomic mass is 35.5. The number of hydrogen-bond acceptors (Lipinski definition) is 3. The van der Waals surface area contributed by atoms with E-state index in [0.29, 0.717) is 10.7 Å². The van der Waals surface area contributed by atoms with Crippen molar-refractivity contribution in [2.45, 2.75) is 4.90 Å². The van der Waals surface area contributed by atoms with E-state index in [0.717, 1.165) is 0 Å². The lowest BCUT2D eigenvalue weighted by atomic mass is 10.1. The quantitative estimate of drug-likeness (QED) is 0.682. The zero-order valence-electron chi connectivity index (χ0n) is 13.5. The number of hydrogen-bond donors (Lipinski definition) is 2. The highest BCUT2D eigenvalue weighted by Crippen LogP contribution is 2.22. The van der Waals surface area contributed by atoms with Gasteiger partial charge in [-0.25, -0.2) is 8.42 Å². The molecule has 0 aliphatic rings. The molecule has 0 aromatic heterocycles. The Balaban J connectivity index is 1.86. The number of sulfonamides is 1. The van der Waals surface area contributed by atoms with E-state index in [1.165, 1.54) is 18.2 Å². The second kappa shape index (κ2) is 7.59. The van der Waals surface area contributed by atoms with Crippen LogP contribution in [0.5, 0.6) is 0 Å². The van der Waals surface area contributed by atoms with Crippen molar-refractivity contribution in [3.63, 3.8) is 0 Å². The van der Waals surface area contributed by atoms with Crippen LogP contribution in [0.1, 0.15) is 10.4 Å². The molecule has 0 aliphatic heterocycles. The molecule has 0 radical (unpaired) electrons. The van der Waals surface area contributed by atoms with Crippen LogP contribution in [0.25, 0.3) is 0 Å². The van der Waals surface area contributed by atoms with Gasteiger partial charge in [-0.2, -0.15) is 0 Å². The van der Waals surface area contributed by atoms with E-state index in [9.17, 15) is 13.2 Å². The third kappa shape index (κ3) is 4.22. The topological polar surface area (TPSA) is 75.3 Å². The summed E-state index contributed by atoms with van der Waals surface area (Å²) in [6.45, 7) is 0. The van der Waals surface area contributed by atoms with Gasteiger partial charge in [-0.1, -0.05) is 41.9 Å². The van der Waals surface area contributed by atoms with Crippen LogP contribution < -0.4 is 10.0 Å². The Kier molecular flexibility index (Phi) is 5.25. The summed E-state index contributed by atoms with van der Waals surface area (Å²) in [5, 5.41) is 3.27. The van der Waals surface area contributed by atoms with E-state index in [2.05, 4.69) is 10.0 Å². The first-order valence-corrected chi connectivity index (χ1v) is 9.56. The van der Waals surface area contributed by atoms with E-state index in [4.69, 9.17) is 11.6 Å². The van der Waals surface area contributed by atoms with Gasteiger partial charge in [0.2, 0.25) is 0 Å². The van der Waals surface area contributed by atoms with Crippen molar-refractivity contribution in [2.75, 3.05) is 10.0 Å². The molecule has 0 saturated heterocycles. The fourth-order valence-corrected chi connectivity index (χ4v) is 3.53. The van der Waals surface area contributed by atoms with Gasteiger partial charge < -0.3 is 5.32 Å². The van der Waals surface area contributed by atoms with Gasteiger partial charge in [-0.15, -0.1) is 0 Å². The minimum atomic E-state index is -3.80. The Hall–Kier alpha value is -2.83. The number of carbonyl (C=O) groups excluding carboxylic acids is 1. The fourth-order valence-electron chi connectivity index (χ4n) is 2.31. The lowest BCUT2D eigenvalue weighted by Gasteiger charge is -2.13. The van der Waals surface area contributed by atoms with E-state index < -0.39 is 15.9 Å². The Bertz CT molecular complexity index is 1020. The Morgan fingerprint density at radius 3 is 2.12 bits per heavy atom. The standard InChI is InChI=1S/C19H15ClN2O3S/c20-14-10-12-15(13-11-14)21-19(23)17-8-4-5-9-18(17)22-26(24,25)16-6-2-1-3-7-16/h1-13,22H,(H,21,23). The normalized spacial score (nSPS) is 11.0. The molecule has 3 aromatic rings. The van der Waals surface area contributed by atoms with Gasteiger partial charge in [0.15, 0.2) is 0 Å². The molecule has 1 amide bonds. The molecule has 5 nitrogen and oxygen atoms in total. The lowest BCUT2D eigenvalue weighted by molar-refractivity contribution is 0.102. The van der Waals surface area contributed by atoms with Crippen molar-refractivity contribution in [3.8, 4) is 0 Å². The smallest absolute Gasteiger partial charge is 0.261 e. The molecule has 2 N–H and O–H groups in total. The number of halogens is 1. The summed E-state index contributed by atoms with van der Waals surface area (Å²) in [5.41, 5.74) is 0.963. The van der Waals surface area contributed by atoms with Gasteiger partial charge in [-0.05, 0) is 48.5 Å². The molecule has 0 spiro atoms. The summed E-state index contributed by atoms with van der Waals surface area (Å²) in [4.78, 5) is 12.7. The molecule has 0 fully saturated rings. The summed E-state index contributed by atoms with van der Waals surface area (Å²) in [6.07, 6.45) is 0. The van der Waals surface area contributed by atoms with Gasteiger partial charge in [0, 0.05) is 10.7 Å². The Morgan fingerprint density at radius 1 is 0.808 bits per heavy atom. The molecule has 0 aliphatic carbocycles. The fraction of sp³-hybridized carbons (Fsp3) is 0. The van der Waals surface area contributed by atoms with Crippen molar-refractivity contribution in [2.24, 2.45) is 0 Å². The van der Waals surface area contributed by atoms with Crippen molar-refractivity contribution in [1.82, 2.24) is 0 Å². The van der Waals surface area contributed by atoms with E-state index in [-0.39, 0.29) is 16.1 Å². The summed E-state index contributed by atoms with van der Waals surface area (Å²) >= 11 is 5.83. The van der Waals surface area contributed by atoms with Crippen molar-refractivity contribution < 1.29 is 13.2 Å². The van der Waals surface area contributed by atoms with Crippen molar-refractivity contribution in [1.29, 1.82) is 0 Å². The summed E-state index contributed by atoms with van der Waals surface area (Å²) < 4.78 is 27.5. The van der Waals surface area contributed by atoms with Crippen molar-refractivity contribution >= 4 is 38.9 Å². The van der Waals surface area contributed by atoms with Gasteiger partial charge in [0.1, 0.15) is 0 Å². The zero-order valence-corrected chi connectivity index (χ0v) is 15.1. The SMILES string of the molecule is O=C(Nc1ccc(Cl)cc1)c1ccccc1NS(=O)(=O)c1ccccc1. The number of benzene rings is 3. The minimum Gasteiger partial charge on any atom is -0.322 e. The number of rotatable bonds is 5. The highest BCUT2D eigenvalue weighted by molar-refractivity contribution is 7.92. The maximum Gasteiger partial charge on any atom is 0.261 e. The average molecular weight is 387 g/mol. The number of para-hydroxylation sites is 1. The average Bonchev–Trinajstić information content (AvgIpc) is 2.64. The second-order valence-corrected chi connectivity index (χ2v) is 7.54. The number of anilines is 2. The Labute approximate surface area is 156 Å². The molecule has 0 bridgehead atoms. The first-order chi connectivity index (χ1) is 12.5.